The van der Waals surface area contributed by atoms with Crippen molar-refractivity contribution in [1.29, 1.82) is 0 Å². The predicted molar refractivity (Wildman–Crippen MR) is 93.8 cm³/mol. The molecule has 0 spiro atoms. The minimum Gasteiger partial charge on any atom is -0.302 e. The Balaban J connectivity index is 1.65. The molecule has 0 saturated heterocycles. The lowest BCUT2D eigenvalue weighted by atomic mass is 10.0. The van der Waals surface area contributed by atoms with Crippen LogP contribution in [0.5, 0.6) is 0 Å². The Labute approximate surface area is 146 Å². The molecule has 1 aromatic carbocycles. The fraction of sp³-hybridized carbons (Fsp3) is 0.438. The molecule has 0 atom stereocenters. The summed E-state index contributed by atoms with van der Waals surface area (Å²) in [6, 6.07) is 7.02. The fourth-order valence-electron chi connectivity index (χ4n) is 2.64. The number of hydrogen-bond donors (Lipinski definition) is 3. The zero-order chi connectivity index (χ0) is 16.7. The minimum absolute atomic E-state index is 0.109. The summed E-state index contributed by atoms with van der Waals surface area (Å²) in [6.07, 6.45) is 5.28. The lowest BCUT2D eigenvalue weighted by Gasteiger charge is -2.12. The van der Waals surface area contributed by atoms with Crippen LogP contribution in [0.15, 0.2) is 24.3 Å². The van der Waals surface area contributed by atoms with Gasteiger partial charge in [-0.05, 0) is 48.7 Å². The Morgan fingerprint density at radius 3 is 2.39 bits per heavy atom. The van der Waals surface area contributed by atoms with Crippen LogP contribution >= 0.6 is 23.8 Å². The smallest absolute Gasteiger partial charge is 0.242 e. The zero-order valence-electron chi connectivity index (χ0n) is 12.7. The van der Waals surface area contributed by atoms with E-state index in [1.165, 1.54) is 12.8 Å². The van der Waals surface area contributed by atoms with Crippen molar-refractivity contribution in [2.24, 2.45) is 5.92 Å². The number of hydrogen-bond acceptors (Lipinski definition) is 3. The summed E-state index contributed by atoms with van der Waals surface area (Å²) in [6.45, 7) is 0. The van der Waals surface area contributed by atoms with Crippen LogP contribution in [0.25, 0.3) is 0 Å². The number of halogens is 1. The van der Waals surface area contributed by atoms with E-state index < -0.39 is 0 Å². The molecule has 0 heterocycles. The summed E-state index contributed by atoms with van der Waals surface area (Å²) in [5, 5.41) is 3.32. The first-order valence-corrected chi connectivity index (χ1v) is 8.44. The van der Waals surface area contributed by atoms with Crippen LogP contribution in [0, 0.1) is 5.92 Å². The van der Waals surface area contributed by atoms with Crippen LogP contribution in [0.4, 0.5) is 0 Å². The largest absolute Gasteiger partial charge is 0.302 e. The molecular weight excluding hydrogens is 334 g/mol. The number of hydrazine groups is 1. The molecule has 124 valence electrons. The molecule has 7 heteroatoms. The van der Waals surface area contributed by atoms with Gasteiger partial charge in [-0.1, -0.05) is 36.6 Å². The molecule has 1 aromatic rings. The van der Waals surface area contributed by atoms with Crippen molar-refractivity contribution in [3.8, 4) is 0 Å². The first-order valence-electron chi connectivity index (χ1n) is 7.66. The van der Waals surface area contributed by atoms with E-state index in [0.29, 0.717) is 17.4 Å². The number of carbonyl (C=O) groups is 2. The molecule has 2 amide bonds. The molecule has 1 fully saturated rings. The van der Waals surface area contributed by atoms with Crippen LogP contribution in [-0.4, -0.2) is 16.9 Å². The van der Waals surface area contributed by atoms with Gasteiger partial charge in [-0.3, -0.25) is 20.4 Å². The molecule has 0 unspecified atom stereocenters. The molecule has 0 aromatic heterocycles. The van der Waals surface area contributed by atoms with Gasteiger partial charge < -0.3 is 5.32 Å². The third-order valence-electron chi connectivity index (χ3n) is 3.80. The molecule has 1 aliphatic carbocycles. The Morgan fingerprint density at radius 1 is 1.09 bits per heavy atom. The Kier molecular flexibility index (Phi) is 6.80. The van der Waals surface area contributed by atoms with E-state index in [1.54, 1.807) is 24.3 Å². The topological polar surface area (TPSA) is 70.2 Å². The van der Waals surface area contributed by atoms with Crippen LogP contribution in [0.1, 0.15) is 37.7 Å². The summed E-state index contributed by atoms with van der Waals surface area (Å²) in [7, 11) is 0. The van der Waals surface area contributed by atoms with Gasteiger partial charge in [-0.2, -0.15) is 0 Å². The maximum atomic E-state index is 11.8. The van der Waals surface area contributed by atoms with E-state index in [-0.39, 0.29) is 23.3 Å². The number of nitrogens with one attached hydrogen (secondary N) is 3. The number of thiocarbonyl (C=S) groups is 1. The molecule has 1 saturated carbocycles. The number of benzene rings is 1. The highest BCUT2D eigenvalue weighted by atomic mass is 35.5. The van der Waals surface area contributed by atoms with E-state index in [2.05, 4.69) is 16.2 Å². The second kappa shape index (κ2) is 8.84. The third-order valence-corrected chi connectivity index (χ3v) is 4.25. The highest BCUT2D eigenvalue weighted by molar-refractivity contribution is 7.80. The van der Waals surface area contributed by atoms with Crippen LogP contribution in [0.2, 0.25) is 5.02 Å². The average molecular weight is 354 g/mol. The van der Waals surface area contributed by atoms with Crippen molar-refractivity contribution in [2.75, 3.05) is 0 Å². The van der Waals surface area contributed by atoms with Gasteiger partial charge in [-0.15, -0.1) is 0 Å². The normalized spacial score (nSPS) is 14.3. The summed E-state index contributed by atoms with van der Waals surface area (Å²) in [4.78, 5) is 23.6. The first kappa shape index (κ1) is 17.7. The van der Waals surface area contributed by atoms with Gasteiger partial charge in [0.25, 0.3) is 0 Å². The summed E-state index contributed by atoms with van der Waals surface area (Å²) in [5.41, 5.74) is 5.85. The average Bonchev–Trinajstić information content (AvgIpc) is 3.00. The lowest BCUT2D eigenvalue weighted by Crippen LogP contribution is -2.49. The fourth-order valence-corrected chi connectivity index (χ4v) is 2.93. The molecule has 23 heavy (non-hydrogen) atoms. The molecule has 0 aliphatic heterocycles. The van der Waals surface area contributed by atoms with Crippen LogP contribution in [-0.2, 0) is 16.0 Å². The molecule has 2 rings (SSSR count). The number of carbonyl (C=O) groups excluding carboxylic acids is 2. The SMILES string of the molecule is O=C(Cc1ccc(Cl)cc1)NNC(=S)NC(=O)CC1CCCC1. The quantitative estimate of drug-likeness (QED) is 0.574. The lowest BCUT2D eigenvalue weighted by molar-refractivity contribution is -0.122. The number of rotatable bonds is 4. The Morgan fingerprint density at radius 2 is 1.74 bits per heavy atom. The maximum Gasteiger partial charge on any atom is 0.242 e. The van der Waals surface area contributed by atoms with E-state index >= 15 is 0 Å². The van der Waals surface area contributed by atoms with Crippen molar-refractivity contribution in [2.45, 2.75) is 38.5 Å². The summed E-state index contributed by atoms with van der Waals surface area (Å²) >= 11 is 10.8. The highest BCUT2D eigenvalue weighted by Gasteiger charge is 2.18. The van der Waals surface area contributed by atoms with E-state index in [1.807, 2.05) is 0 Å². The van der Waals surface area contributed by atoms with Crippen LogP contribution in [0.3, 0.4) is 0 Å². The van der Waals surface area contributed by atoms with E-state index in [0.717, 1.165) is 18.4 Å². The first-order chi connectivity index (χ1) is 11.0. The Bertz CT molecular complexity index is 571. The van der Waals surface area contributed by atoms with Gasteiger partial charge in [0, 0.05) is 11.4 Å². The van der Waals surface area contributed by atoms with Gasteiger partial charge in [-0.25, -0.2) is 0 Å². The van der Waals surface area contributed by atoms with Crippen molar-refractivity contribution >= 4 is 40.7 Å². The van der Waals surface area contributed by atoms with Crippen molar-refractivity contribution < 1.29 is 9.59 Å². The van der Waals surface area contributed by atoms with Gasteiger partial charge in [0.1, 0.15) is 0 Å². The van der Waals surface area contributed by atoms with Gasteiger partial charge in [0.05, 0.1) is 6.42 Å². The molecule has 1 aliphatic rings. The van der Waals surface area contributed by atoms with E-state index in [4.69, 9.17) is 23.8 Å². The second-order valence-corrected chi connectivity index (χ2v) is 6.55. The monoisotopic (exact) mass is 353 g/mol. The van der Waals surface area contributed by atoms with Crippen LogP contribution < -0.4 is 16.2 Å². The predicted octanol–water partition coefficient (Wildman–Crippen LogP) is 2.48. The zero-order valence-corrected chi connectivity index (χ0v) is 14.3. The second-order valence-electron chi connectivity index (χ2n) is 5.71. The van der Waals surface area contributed by atoms with Crippen molar-refractivity contribution in [3.63, 3.8) is 0 Å². The van der Waals surface area contributed by atoms with E-state index in [9.17, 15) is 9.59 Å². The maximum absolute atomic E-state index is 11.8. The molecule has 5 nitrogen and oxygen atoms in total. The molecule has 0 bridgehead atoms. The third kappa shape index (κ3) is 6.54. The molecular formula is C16H20ClN3O2S. The van der Waals surface area contributed by atoms with Gasteiger partial charge in [0.15, 0.2) is 5.11 Å². The summed E-state index contributed by atoms with van der Waals surface area (Å²) < 4.78 is 0. The summed E-state index contributed by atoms with van der Waals surface area (Å²) in [5.74, 6) is 0.0957. The van der Waals surface area contributed by atoms with Crippen molar-refractivity contribution in [1.82, 2.24) is 16.2 Å². The van der Waals surface area contributed by atoms with Gasteiger partial charge in [0.2, 0.25) is 11.8 Å². The number of amides is 2. The minimum atomic E-state index is -0.250. The van der Waals surface area contributed by atoms with Crippen molar-refractivity contribution in [3.05, 3.63) is 34.9 Å². The molecule has 0 radical (unpaired) electrons. The molecule has 3 N–H and O–H groups in total. The van der Waals surface area contributed by atoms with Gasteiger partial charge >= 0.3 is 0 Å². The standard InChI is InChI=1S/C16H20ClN3O2S/c17-13-7-5-12(6-8-13)10-15(22)19-20-16(23)18-14(21)9-11-3-1-2-4-11/h5-8,11H,1-4,9-10H2,(H,19,22)(H2,18,20,21,23). The highest BCUT2D eigenvalue weighted by Crippen LogP contribution is 2.27. The Hall–Kier alpha value is -1.66.